The Kier molecular flexibility index (Phi) is 8.34. The highest BCUT2D eigenvalue weighted by Gasteiger charge is 2.17. The van der Waals surface area contributed by atoms with E-state index in [1.807, 2.05) is 0 Å². The van der Waals surface area contributed by atoms with Gasteiger partial charge in [0.1, 0.15) is 11.8 Å². The minimum absolute atomic E-state index is 0.0309. The number of carboxylic acids is 1. The van der Waals surface area contributed by atoms with Gasteiger partial charge >= 0.3 is 24.2 Å². The average molecular weight is 373 g/mol. The number of phosphoric acid groups is 1. The predicted molar refractivity (Wildman–Crippen MR) is 77.5 cm³/mol. The summed E-state index contributed by atoms with van der Waals surface area (Å²) < 4.78 is 46.5. The number of carbonyl (C=O) groups is 1. The van der Waals surface area contributed by atoms with Crippen LogP contribution in [0, 0.1) is 0 Å². The highest BCUT2D eigenvalue weighted by molar-refractivity contribution is 7.79. The summed E-state index contributed by atoms with van der Waals surface area (Å²) in [5.74, 6) is -0.934. The summed E-state index contributed by atoms with van der Waals surface area (Å²) >= 11 is 0. The maximum absolute atomic E-state index is 10.8. The molecule has 23 heavy (non-hydrogen) atoms. The molecule has 0 saturated heterocycles. The summed E-state index contributed by atoms with van der Waals surface area (Å²) in [5, 5.41) is 11.5. The fraction of sp³-hybridized carbons (Fsp3) is 0.300. The molecule has 11 nitrogen and oxygen atoms in total. The van der Waals surface area contributed by atoms with Crippen LogP contribution in [0.2, 0.25) is 0 Å². The van der Waals surface area contributed by atoms with E-state index in [1.165, 1.54) is 12.1 Å². The molecule has 0 bridgehead atoms. The van der Waals surface area contributed by atoms with Crippen LogP contribution in [0.5, 0.6) is 5.75 Å². The Hall–Kier alpha value is -1.53. The molecule has 0 saturated carbocycles. The molecule has 0 aliphatic heterocycles. The zero-order valence-corrected chi connectivity index (χ0v) is 13.4. The molecule has 1 rings (SSSR count). The number of phosphoric ester groups is 1. The molecule has 6 N–H and O–H groups in total. The van der Waals surface area contributed by atoms with Crippen molar-refractivity contribution in [2.75, 3.05) is 7.05 Å². The van der Waals surface area contributed by atoms with Gasteiger partial charge in [0, 0.05) is 0 Å². The van der Waals surface area contributed by atoms with Gasteiger partial charge in [-0.2, -0.15) is 8.42 Å². The predicted octanol–water partition coefficient (Wildman–Crippen LogP) is -0.280. The Labute approximate surface area is 131 Å². The maximum Gasteiger partial charge on any atom is 0.524 e. The number of carboxylic acid groups (broad SMARTS) is 1. The molecule has 13 heteroatoms. The molecule has 132 valence electrons. The topological polar surface area (TPSA) is 191 Å². The summed E-state index contributed by atoms with van der Waals surface area (Å²) in [6.07, 6.45) is 0.266. The first-order valence-corrected chi connectivity index (χ1v) is 8.68. The lowest BCUT2D eigenvalue weighted by Crippen LogP contribution is -2.35. The van der Waals surface area contributed by atoms with E-state index in [9.17, 15) is 9.36 Å². The van der Waals surface area contributed by atoms with E-state index in [-0.39, 0.29) is 12.2 Å². The minimum Gasteiger partial charge on any atom is -0.480 e. The number of aliphatic carboxylic acids is 1. The fourth-order valence-electron chi connectivity index (χ4n) is 1.37. The fourth-order valence-corrected chi connectivity index (χ4v) is 1.77. The van der Waals surface area contributed by atoms with Gasteiger partial charge in [-0.3, -0.25) is 23.7 Å². The molecular formula is C10H16NO10PS. The van der Waals surface area contributed by atoms with Gasteiger partial charge in [0.2, 0.25) is 0 Å². The third kappa shape index (κ3) is 12.7. The lowest BCUT2D eigenvalue weighted by Gasteiger charge is -2.11. The molecule has 0 heterocycles. The molecule has 1 atom stereocenters. The molecule has 0 aliphatic rings. The van der Waals surface area contributed by atoms with Crippen LogP contribution in [-0.2, 0) is 26.2 Å². The van der Waals surface area contributed by atoms with Crippen LogP contribution in [0.3, 0.4) is 0 Å². The van der Waals surface area contributed by atoms with Crippen LogP contribution in [0.1, 0.15) is 5.56 Å². The van der Waals surface area contributed by atoms with Crippen LogP contribution in [0.15, 0.2) is 24.3 Å². The van der Waals surface area contributed by atoms with Crippen LogP contribution < -0.4 is 9.84 Å². The SMILES string of the molecule is CN[C@@H](Cc1ccc(OP(=O)(O)O)cc1)C(=O)O.O=S(=O)(O)O. The first-order valence-electron chi connectivity index (χ1n) is 5.76. The highest BCUT2D eigenvalue weighted by atomic mass is 32.3. The molecule has 0 fully saturated rings. The highest BCUT2D eigenvalue weighted by Crippen LogP contribution is 2.37. The number of benzene rings is 1. The van der Waals surface area contributed by atoms with E-state index in [2.05, 4.69) is 9.84 Å². The second kappa shape index (κ2) is 8.93. The third-order valence-electron chi connectivity index (χ3n) is 2.23. The summed E-state index contributed by atoms with van der Waals surface area (Å²) in [5.41, 5.74) is 0.717. The summed E-state index contributed by atoms with van der Waals surface area (Å²) in [6, 6.07) is 5.15. The van der Waals surface area contributed by atoms with E-state index in [4.69, 9.17) is 32.4 Å². The molecule has 0 radical (unpaired) electrons. The standard InChI is InChI=1S/C10H14NO6P.H2O4S/c1-11-9(10(12)13)6-7-2-4-8(5-3-7)17-18(14,15)16;1-5(2,3)4/h2-5,9,11H,6H2,1H3,(H,12,13)(H2,14,15,16);(H2,1,2,3,4)/t9-;/m0./s1. The molecule has 0 amide bonds. The lowest BCUT2D eigenvalue weighted by molar-refractivity contribution is -0.139. The summed E-state index contributed by atoms with van der Waals surface area (Å²) in [4.78, 5) is 28.0. The number of hydrogen-bond donors (Lipinski definition) is 6. The molecule has 0 spiro atoms. The van der Waals surface area contributed by atoms with Gasteiger partial charge < -0.3 is 14.9 Å². The first-order chi connectivity index (χ1) is 10.3. The van der Waals surface area contributed by atoms with Gasteiger partial charge in [-0.15, -0.1) is 0 Å². The summed E-state index contributed by atoms with van der Waals surface area (Å²) in [6.45, 7) is 0. The van der Waals surface area contributed by atoms with E-state index in [0.29, 0.717) is 0 Å². The van der Waals surface area contributed by atoms with Gasteiger partial charge in [-0.05, 0) is 31.2 Å². The molecule has 0 aliphatic carbocycles. The van der Waals surface area contributed by atoms with Crippen molar-refractivity contribution in [2.24, 2.45) is 0 Å². The zero-order valence-electron chi connectivity index (χ0n) is 11.7. The summed E-state index contributed by atoms with van der Waals surface area (Å²) in [7, 11) is -7.68. The van der Waals surface area contributed by atoms with Crippen LogP contribution in [-0.4, -0.2) is 51.5 Å². The van der Waals surface area contributed by atoms with Gasteiger partial charge in [0.15, 0.2) is 0 Å². The van der Waals surface area contributed by atoms with Crippen molar-refractivity contribution in [3.63, 3.8) is 0 Å². The normalized spacial score (nSPS) is 12.7. The van der Waals surface area contributed by atoms with E-state index >= 15 is 0 Å². The van der Waals surface area contributed by atoms with Gasteiger partial charge in [-0.25, -0.2) is 4.57 Å². The van der Waals surface area contributed by atoms with E-state index in [1.54, 1.807) is 19.2 Å². The Morgan fingerprint density at radius 1 is 1.26 bits per heavy atom. The van der Waals surface area contributed by atoms with Crippen molar-refractivity contribution in [1.29, 1.82) is 0 Å². The van der Waals surface area contributed by atoms with E-state index in [0.717, 1.165) is 5.56 Å². The van der Waals surface area contributed by atoms with Crippen LogP contribution >= 0.6 is 7.82 Å². The monoisotopic (exact) mass is 373 g/mol. The van der Waals surface area contributed by atoms with Crippen molar-refractivity contribution >= 4 is 24.2 Å². The second-order valence-corrected chi connectivity index (χ2v) is 6.12. The molecule has 1 aromatic rings. The van der Waals surface area contributed by atoms with Crippen molar-refractivity contribution in [2.45, 2.75) is 12.5 Å². The lowest BCUT2D eigenvalue weighted by atomic mass is 10.1. The Balaban J connectivity index is 0.000000841. The van der Waals surface area contributed by atoms with Crippen LogP contribution in [0.4, 0.5) is 0 Å². The van der Waals surface area contributed by atoms with Gasteiger partial charge in [-0.1, -0.05) is 12.1 Å². The average Bonchev–Trinajstić information content (AvgIpc) is 2.33. The van der Waals surface area contributed by atoms with Crippen molar-refractivity contribution in [3.8, 4) is 5.75 Å². The quantitative estimate of drug-likeness (QED) is 0.284. The largest absolute Gasteiger partial charge is 0.524 e. The molecule has 0 aromatic heterocycles. The Morgan fingerprint density at radius 2 is 1.70 bits per heavy atom. The number of nitrogens with one attached hydrogen (secondary N) is 1. The Bertz CT molecular complexity index is 645. The van der Waals surface area contributed by atoms with Crippen molar-refractivity contribution in [3.05, 3.63) is 29.8 Å². The number of rotatable bonds is 6. The third-order valence-corrected chi connectivity index (χ3v) is 2.68. The molecular weight excluding hydrogens is 357 g/mol. The second-order valence-electron chi connectivity index (χ2n) is 4.06. The van der Waals surface area contributed by atoms with Gasteiger partial charge in [0.25, 0.3) is 0 Å². The number of likely N-dealkylation sites (N-methyl/N-ethyl adjacent to an activating group) is 1. The van der Waals surface area contributed by atoms with Gasteiger partial charge in [0.05, 0.1) is 0 Å². The minimum atomic E-state index is -4.67. The Morgan fingerprint density at radius 3 is 2.00 bits per heavy atom. The first kappa shape index (κ1) is 21.5. The van der Waals surface area contributed by atoms with E-state index < -0.39 is 30.2 Å². The maximum atomic E-state index is 10.8. The van der Waals surface area contributed by atoms with Crippen molar-refractivity contribution in [1.82, 2.24) is 5.32 Å². The number of hydrogen-bond acceptors (Lipinski definition) is 6. The smallest absolute Gasteiger partial charge is 0.480 e. The zero-order chi connectivity index (χ0) is 18.3. The van der Waals surface area contributed by atoms with Crippen molar-refractivity contribution < 1.29 is 46.3 Å². The molecule has 0 unspecified atom stereocenters. The molecule has 1 aromatic carbocycles. The van der Waals surface area contributed by atoms with Crippen LogP contribution in [0.25, 0.3) is 0 Å².